The van der Waals surface area contributed by atoms with Crippen LogP contribution in [0.2, 0.25) is 0 Å². The Morgan fingerprint density at radius 2 is 1.58 bits per heavy atom. The highest BCUT2D eigenvalue weighted by atomic mass is 16.2. The lowest BCUT2D eigenvalue weighted by molar-refractivity contribution is -0.134. The van der Waals surface area contributed by atoms with E-state index in [0.717, 1.165) is 45.3 Å². The third-order valence-corrected chi connectivity index (χ3v) is 6.45. The van der Waals surface area contributed by atoms with Crippen molar-refractivity contribution in [1.29, 1.82) is 0 Å². The van der Waals surface area contributed by atoms with Gasteiger partial charge in [-0.2, -0.15) is 0 Å². The van der Waals surface area contributed by atoms with Crippen molar-refractivity contribution in [2.45, 2.75) is 58.0 Å². The molecule has 0 saturated carbocycles. The fourth-order valence-electron chi connectivity index (χ4n) is 4.51. The molecule has 0 spiro atoms. The Morgan fingerprint density at radius 1 is 0.958 bits per heavy atom. The Balaban J connectivity index is 1.37. The van der Waals surface area contributed by atoms with Gasteiger partial charge in [0.2, 0.25) is 5.91 Å². The van der Waals surface area contributed by atoms with Gasteiger partial charge in [-0.05, 0) is 52.1 Å². The zero-order valence-electron chi connectivity index (χ0n) is 15.8. The second-order valence-electron chi connectivity index (χ2n) is 7.92. The minimum atomic E-state index is 0.346. The molecule has 3 heterocycles. The molecule has 5 nitrogen and oxygen atoms in total. The molecule has 3 rings (SSSR count). The number of carbonyl (C=O) groups is 1. The van der Waals surface area contributed by atoms with Crippen LogP contribution in [0.4, 0.5) is 0 Å². The molecule has 24 heavy (non-hydrogen) atoms. The summed E-state index contributed by atoms with van der Waals surface area (Å²) >= 11 is 0. The summed E-state index contributed by atoms with van der Waals surface area (Å²) in [4.78, 5) is 22.3. The van der Waals surface area contributed by atoms with Crippen molar-refractivity contribution in [3.63, 3.8) is 0 Å². The highest BCUT2D eigenvalue weighted by molar-refractivity contribution is 5.78. The lowest BCUT2D eigenvalue weighted by atomic mass is 10.0. The molecule has 3 aliphatic rings. The van der Waals surface area contributed by atoms with Gasteiger partial charge in [0.1, 0.15) is 0 Å². The second-order valence-corrected chi connectivity index (χ2v) is 7.92. The maximum absolute atomic E-state index is 12.6. The van der Waals surface area contributed by atoms with Crippen LogP contribution >= 0.6 is 0 Å². The van der Waals surface area contributed by atoms with E-state index in [1.54, 1.807) is 0 Å². The zero-order valence-corrected chi connectivity index (χ0v) is 15.8. The predicted molar refractivity (Wildman–Crippen MR) is 98.2 cm³/mol. The quantitative estimate of drug-likeness (QED) is 0.761. The number of rotatable bonds is 5. The van der Waals surface area contributed by atoms with E-state index in [4.69, 9.17) is 0 Å². The number of amides is 1. The lowest BCUT2D eigenvalue weighted by Gasteiger charge is -2.40. The molecule has 1 amide bonds. The van der Waals surface area contributed by atoms with Crippen molar-refractivity contribution in [1.82, 2.24) is 19.6 Å². The van der Waals surface area contributed by atoms with Crippen LogP contribution < -0.4 is 0 Å². The zero-order chi connectivity index (χ0) is 16.9. The number of hydrogen-bond acceptors (Lipinski definition) is 4. The molecule has 0 aromatic heterocycles. The molecule has 0 bridgehead atoms. The first-order chi connectivity index (χ1) is 11.7. The fourth-order valence-corrected chi connectivity index (χ4v) is 4.51. The van der Waals surface area contributed by atoms with E-state index in [9.17, 15) is 4.79 Å². The minimum absolute atomic E-state index is 0.346. The third-order valence-electron chi connectivity index (χ3n) is 6.45. The Kier molecular flexibility index (Phi) is 6.53. The number of piperidine rings is 1. The van der Waals surface area contributed by atoms with Crippen LogP contribution in [-0.4, -0.2) is 96.5 Å². The van der Waals surface area contributed by atoms with E-state index in [0.29, 0.717) is 18.5 Å². The summed E-state index contributed by atoms with van der Waals surface area (Å²) in [6.45, 7) is 13.9. The molecular formula is C19H36N4O. The van der Waals surface area contributed by atoms with Crippen LogP contribution in [0.5, 0.6) is 0 Å². The van der Waals surface area contributed by atoms with Gasteiger partial charge in [0.05, 0.1) is 6.54 Å². The van der Waals surface area contributed by atoms with Gasteiger partial charge in [-0.3, -0.25) is 14.6 Å². The molecule has 0 N–H and O–H groups in total. The van der Waals surface area contributed by atoms with Crippen LogP contribution in [-0.2, 0) is 4.79 Å². The van der Waals surface area contributed by atoms with Crippen molar-refractivity contribution in [3.05, 3.63) is 0 Å². The summed E-state index contributed by atoms with van der Waals surface area (Å²) in [6, 6.07) is 1.42. The van der Waals surface area contributed by atoms with Crippen molar-refractivity contribution >= 4 is 5.91 Å². The Hall–Kier alpha value is -0.650. The number of carbonyl (C=O) groups excluding carboxylic acids is 1. The van der Waals surface area contributed by atoms with Gasteiger partial charge in [-0.15, -0.1) is 0 Å². The molecule has 0 aromatic carbocycles. The van der Waals surface area contributed by atoms with Gasteiger partial charge in [-0.1, -0.05) is 6.92 Å². The molecule has 138 valence electrons. The third kappa shape index (κ3) is 4.50. The lowest BCUT2D eigenvalue weighted by Crippen LogP contribution is -2.54. The normalized spacial score (nSPS) is 26.8. The Morgan fingerprint density at radius 3 is 2.17 bits per heavy atom. The maximum Gasteiger partial charge on any atom is 0.236 e. The summed E-state index contributed by atoms with van der Waals surface area (Å²) in [5, 5.41) is 0. The maximum atomic E-state index is 12.6. The summed E-state index contributed by atoms with van der Waals surface area (Å²) < 4.78 is 0. The standard InChI is InChI=1S/C19H36N4O/c1-3-17(2)21-12-14-23(15-13-21)19(24)16-20-10-6-18(7-11-20)22-8-4-5-9-22/h17-18H,3-16H2,1-2H3. The van der Waals surface area contributed by atoms with Crippen LogP contribution in [0, 0.1) is 0 Å². The molecular weight excluding hydrogens is 300 g/mol. The summed E-state index contributed by atoms with van der Waals surface area (Å²) in [5.41, 5.74) is 0. The number of hydrogen-bond donors (Lipinski definition) is 0. The number of likely N-dealkylation sites (tertiary alicyclic amines) is 2. The molecule has 0 radical (unpaired) electrons. The van der Waals surface area contributed by atoms with Gasteiger partial charge in [0.25, 0.3) is 0 Å². The highest BCUT2D eigenvalue weighted by Gasteiger charge is 2.29. The molecule has 0 aromatic rings. The Bertz CT molecular complexity index is 394. The SMILES string of the molecule is CCC(C)N1CCN(C(=O)CN2CCC(N3CCCC3)CC2)CC1. The van der Waals surface area contributed by atoms with Crippen LogP contribution in [0.1, 0.15) is 46.0 Å². The number of piperazine rings is 1. The fraction of sp³-hybridized carbons (Fsp3) is 0.947. The molecule has 3 fully saturated rings. The van der Waals surface area contributed by atoms with Crippen LogP contribution in [0.25, 0.3) is 0 Å². The monoisotopic (exact) mass is 336 g/mol. The topological polar surface area (TPSA) is 30.0 Å². The average Bonchev–Trinajstić information content (AvgIpc) is 3.16. The molecule has 3 saturated heterocycles. The van der Waals surface area contributed by atoms with Crippen molar-refractivity contribution < 1.29 is 4.79 Å². The molecule has 0 aliphatic carbocycles. The Labute approximate surface area is 147 Å². The molecule has 5 heteroatoms. The first-order valence-corrected chi connectivity index (χ1v) is 10.2. The summed E-state index contributed by atoms with van der Waals surface area (Å²) in [5.74, 6) is 0.346. The largest absolute Gasteiger partial charge is 0.339 e. The van der Waals surface area contributed by atoms with Gasteiger partial charge >= 0.3 is 0 Å². The van der Waals surface area contributed by atoms with E-state index in [1.807, 2.05) is 0 Å². The smallest absolute Gasteiger partial charge is 0.236 e. The predicted octanol–water partition coefficient (Wildman–Crippen LogP) is 1.49. The van der Waals surface area contributed by atoms with Crippen molar-refractivity contribution in [2.24, 2.45) is 0 Å². The van der Waals surface area contributed by atoms with Crippen molar-refractivity contribution in [3.8, 4) is 0 Å². The van der Waals surface area contributed by atoms with Gasteiger partial charge in [-0.25, -0.2) is 0 Å². The summed E-state index contributed by atoms with van der Waals surface area (Å²) in [6.07, 6.45) is 6.44. The van der Waals surface area contributed by atoms with E-state index >= 15 is 0 Å². The molecule has 3 aliphatic heterocycles. The second kappa shape index (κ2) is 8.63. The first-order valence-electron chi connectivity index (χ1n) is 10.2. The molecule has 1 unspecified atom stereocenters. The van der Waals surface area contributed by atoms with Crippen LogP contribution in [0.15, 0.2) is 0 Å². The van der Waals surface area contributed by atoms with Gasteiger partial charge < -0.3 is 9.80 Å². The molecule has 1 atom stereocenters. The van der Waals surface area contributed by atoms with E-state index in [2.05, 4.69) is 33.4 Å². The van der Waals surface area contributed by atoms with E-state index in [1.165, 1.54) is 45.2 Å². The van der Waals surface area contributed by atoms with E-state index < -0.39 is 0 Å². The van der Waals surface area contributed by atoms with E-state index in [-0.39, 0.29) is 0 Å². The average molecular weight is 337 g/mol. The minimum Gasteiger partial charge on any atom is -0.339 e. The summed E-state index contributed by atoms with van der Waals surface area (Å²) in [7, 11) is 0. The van der Waals surface area contributed by atoms with Crippen LogP contribution in [0.3, 0.4) is 0 Å². The first kappa shape index (κ1) is 18.2. The highest BCUT2D eigenvalue weighted by Crippen LogP contribution is 2.21. The van der Waals surface area contributed by atoms with Gasteiger partial charge in [0, 0.05) is 51.4 Å². The van der Waals surface area contributed by atoms with Crippen molar-refractivity contribution in [2.75, 3.05) is 58.9 Å². The van der Waals surface area contributed by atoms with Gasteiger partial charge in [0.15, 0.2) is 0 Å². The number of nitrogens with zero attached hydrogens (tertiary/aromatic N) is 4.